The minimum Gasteiger partial charge on any atom is -0.508 e. The van der Waals surface area contributed by atoms with Crippen LogP contribution in [-0.2, 0) is 65.6 Å². The topological polar surface area (TPSA) is 844 Å². The van der Waals surface area contributed by atoms with E-state index in [9.17, 15) is 88.5 Å². The van der Waals surface area contributed by atoms with Crippen molar-refractivity contribution >= 4 is 112 Å². The van der Waals surface area contributed by atoms with E-state index in [0.29, 0.717) is 90.0 Å². The highest BCUT2D eigenvalue weighted by molar-refractivity contribution is 6.42. The van der Waals surface area contributed by atoms with Gasteiger partial charge in [0.25, 0.3) is 0 Å². The van der Waals surface area contributed by atoms with Crippen LogP contribution in [-0.4, -0.2) is 352 Å². The van der Waals surface area contributed by atoms with E-state index in [1.165, 1.54) is 36.6 Å². The number of carbonyl (C=O) groups excluding carboxylic acids is 5. The fraction of sp³-hybridized carbons (Fsp3) is 0.671. The molecule has 0 aliphatic carbocycles. The van der Waals surface area contributed by atoms with Crippen LogP contribution in [0.15, 0.2) is 54.7 Å². The Kier molecular flexibility index (Phi) is 44.4. The van der Waals surface area contributed by atoms with Gasteiger partial charge in [-0.15, -0.1) is 0 Å². The number of carbonyl (C=O) groups is 11. The number of unbranched alkanes of at least 4 members (excludes halogenated alkanes) is 1. The summed E-state index contributed by atoms with van der Waals surface area (Å²) in [5.41, 5.74) is 54.2. The summed E-state index contributed by atoms with van der Waals surface area (Å²) in [4.78, 5) is 141. The number of rotatable bonds is 43. The zero-order valence-corrected chi connectivity index (χ0v) is 71.2. The number of nitrogens with one attached hydrogen (secondary N) is 1. The Morgan fingerprint density at radius 1 is 0.421 bits per heavy atom. The molecule has 50 heteroatoms. The van der Waals surface area contributed by atoms with Gasteiger partial charge < -0.3 is 178 Å². The number of aliphatic carboxylic acids is 6. The van der Waals surface area contributed by atoms with E-state index in [1.807, 2.05) is 30.5 Å². The standard InChI is InChI=1S/C19H27BN4O5.C17H26BN3O6.C14H29BN4O5.C13H24BN3O7.C13H25BN2O6/c21-15(8-12-9-23-16-6-2-1-5-14(12)16)17(25)24-10-13(4-3-7-20(28)29)19(22,11-24)18(26)27;19-14(8-11-3-5-13(22)6-4-11)15(23)21-9-12(2-1-7-18(26)27)17(20,10-21)16(24)25;16-7-2-1-5-11(17)12(20)19-8-10(4-3-6-15(23)24)14(18,9-19)13(21)22;15-9(3-4-10(18)19)11(20)17-6-8(2-1-5-14(23)24)13(16,7-17)12(21)22;1-2-9(7-17)11(18)16-6-10(4-3-5-14(21)22)13(15,8-16)12(19)20/h1-2,5-6,9,13,15,23,28-29H,3-4,7-8,10-11,21-22H2,(H,26,27);3-6,12,14,22,26-27H,1-2,7-10,19-20H2,(H,24,25);10-11,23-24H,1-9,16-18H2,(H,21,22);8-9,23-24H,1-7,15-16H2,(H,18,19)(H,21,22);9-10,17,21-22H,2-8,15H2,1H3,(H,19,20)/t13-,15-,19-;12-,14-,17-;10-,11-,14-;8-,9-,13-;9-,10-,13-/m00000/s1. The van der Waals surface area contributed by atoms with Gasteiger partial charge in [0.2, 0.25) is 29.5 Å². The van der Waals surface area contributed by atoms with Crippen molar-refractivity contribution in [2.75, 3.05) is 78.6 Å². The number of aromatic hydroxyl groups is 1. The molecule has 0 unspecified atom stereocenters. The first kappa shape index (κ1) is 110. The Balaban J connectivity index is 0.000000331. The molecular weight excluding hydrogens is 1650 g/mol. The molecule has 2 aromatic carbocycles. The number of aliphatic hydroxyl groups is 1. The molecule has 5 fully saturated rings. The van der Waals surface area contributed by atoms with E-state index >= 15 is 0 Å². The van der Waals surface area contributed by atoms with Crippen molar-refractivity contribution in [3.05, 3.63) is 65.9 Å². The number of carboxylic acid groups (broad SMARTS) is 6. The zero-order chi connectivity index (χ0) is 95.1. The Bertz CT molecular complexity index is 4030. The van der Waals surface area contributed by atoms with E-state index in [0.717, 1.165) is 34.9 Å². The Hall–Kier alpha value is -8.57. The minimum absolute atomic E-state index is 0.0450. The summed E-state index contributed by atoms with van der Waals surface area (Å²) < 4.78 is 0. The molecule has 0 spiro atoms. The van der Waals surface area contributed by atoms with Crippen molar-refractivity contribution < 1.29 is 144 Å². The third kappa shape index (κ3) is 31.7. The molecule has 0 radical (unpaired) electrons. The number of phenols is 1. The van der Waals surface area contributed by atoms with Crippen molar-refractivity contribution in [1.29, 1.82) is 0 Å². The molecule has 5 saturated heterocycles. The number of fused-ring (bicyclic) bond motifs is 1. The molecule has 126 heavy (non-hydrogen) atoms. The number of nitrogens with zero attached hydrogens (tertiary/aromatic N) is 5. The van der Waals surface area contributed by atoms with Gasteiger partial charge >= 0.3 is 71.4 Å². The zero-order valence-electron chi connectivity index (χ0n) is 71.2. The summed E-state index contributed by atoms with van der Waals surface area (Å²) >= 11 is 0. The smallest absolute Gasteiger partial charge is 0.451 e. The summed E-state index contributed by atoms with van der Waals surface area (Å²) in [5, 5.41) is 165. The number of likely N-dealkylation sites (tertiary alicyclic amines) is 5. The quantitative estimate of drug-likeness (QED) is 0.0185. The fourth-order valence-corrected chi connectivity index (χ4v) is 16.4. The maximum atomic E-state index is 12.9. The Morgan fingerprint density at radius 2 is 0.722 bits per heavy atom. The molecule has 5 aliphatic rings. The van der Waals surface area contributed by atoms with Crippen LogP contribution < -0.4 is 57.3 Å². The molecule has 704 valence electrons. The molecule has 5 aliphatic heterocycles. The van der Waals surface area contributed by atoms with Crippen LogP contribution in [0, 0.1) is 35.5 Å². The van der Waals surface area contributed by atoms with Gasteiger partial charge in [0, 0.05) is 119 Å². The van der Waals surface area contributed by atoms with Gasteiger partial charge in [0.1, 0.15) is 33.4 Å². The molecule has 39 N–H and O–H groups in total. The normalized spacial score (nSPS) is 24.2. The lowest BCUT2D eigenvalue weighted by Gasteiger charge is -2.25. The highest BCUT2D eigenvalue weighted by Gasteiger charge is 2.56. The summed E-state index contributed by atoms with van der Waals surface area (Å²) in [5.74, 6) is -11.7. The van der Waals surface area contributed by atoms with Gasteiger partial charge in [0.05, 0.1) is 36.7 Å². The second-order valence-electron chi connectivity index (χ2n) is 33.7. The second kappa shape index (κ2) is 51.0. The molecule has 8 rings (SSSR count). The van der Waals surface area contributed by atoms with Crippen LogP contribution in [0.2, 0.25) is 31.6 Å². The number of aliphatic hydroxyl groups excluding tert-OH is 1. The number of hydrogen-bond acceptors (Lipinski definition) is 33. The number of aromatic nitrogens is 1. The molecule has 3 aromatic rings. The summed E-state index contributed by atoms with van der Waals surface area (Å²) in [6.45, 7) is 2.24. The maximum Gasteiger partial charge on any atom is 0.451 e. The molecule has 0 saturated carbocycles. The molecule has 15 atom stereocenters. The van der Waals surface area contributed by atoms with Crippen molar-refractivity contribution in [2.45, 2.75) is 206 Å². The number of aromatic amines is 1. The second-order valence-corrected chi connectivity index (χ2v) is 33.7. The van der Waals surface area contributed by atoms with Gasteiger partial charge in [0.15, 0.2) is 0 Å². The minimum atomic E-state index is -1.64. The average Bonchev–Trinajstić information content (AvgIpc) is 1.64. The summed E-state index contributed by atoms with van der Waals surface area (Å²) in [7, 11) is -7.26. The van der Waals surface area contributed by atoms with Crippen LogP contribution in [0.4, 0.5) is 0 Å². The number of phenolic OH excluding ortho intramolecular Hbond substituents is 1. The molecule has 0 bridgehead atoms. The Morgan fingerprint density at radius 3 is 1.02 bits per heavy atom. The first-order chi connectivity index (χ1) is 58.9. The average molecular weight is 1790 g/mol. The van der Waals surface area contributed by atoms with Gasteiger partial charge in [-0.3, -0.25) is 52.7 Å². The van der Waals surface area contributed by atoms with Crippen LogP contribution in [0.5, 0.6) is 5.75 Å². The molecule has 6 heterocycles. The van der Waals surface area contributed by atoms with Crippen LogP contribution in [0.3, 0.4) is 0 Å². The van der Waals surface area contributed by atoms with E-state index in [-0.39, 0.29) is 152 Å². The molecule has 5 amide bonds. The van der Waals surface area contributed by atoms with E-state index in [2.05, 4.69) is 4.98 Å². The fourth-order valence-electron chi connectivity index (χ4n) is 16.4. The number of nitrogens with two attached hydrogens (primary N) is 10. The van der Waals surface area contributed by atoms with Gasteiger partial charge in [-0.2, -0.15) is 0 Å². The lowest BCUT2D eigenvalue weighted by molar-refractivity contribution is -0.146. The molecule has 45 nitrogen and oxygen atoms in total. The first-order valence-corrected chi connectivity index (χ1v) is 42.1. The van der Waals surface area contributed by atoms with E-state index in [4.69, 9.17) is 113 Å². The van der Waals surface area contributed by atoms with Crippen molar-refractivity contribution in [3.8, 4) is 5.75 Å². The predicted molar refractivity (Wildman–Crippen MR) is 461 cm³/mol. The van der Waals surface area contributed by atoms with Gasteiger partial charge in [-0.05, 0) is 138 Å². The number of carboxylic acids is 6. The summed E-state index contributed by atoms with van der Waals surface area (Å²) in [6.07, 6.45) is 8.97. The van der Waals surface area contributed by atoms with Crippen molar-refractivity contribution in [1.82, 2.24) is 29.5 Å². The van der Waals surface area contributed by atoms with Crippen molar-refractivity contribution in [2.24, 2.45) is 92.8 Å². The number of hydrogen-bond donors (Lipinski definition) is 29. The van der Waals surface area contributed by atoms with Gasteiger partial charge in [-0.25, -0.2) is 0 Å². The first-order valence-electron chi connectivity index (χ1n) is 42.1. The lowest BCUT2D eigenvalue weighted by atomic mass is 9.78. The van der Waals surface area contributed by atoms with E-state index < -0.39 is 165 Å². The SMILES string of the molecule is CC[C@@H](CO)C(=O)N1C[C@H](CCCB(O)O)[C@](N)(C(=O)O)C1.NCCCC[C@H](N)C(=O)N1C[C@H](CCCB(O)O)[C@](N)(C(=O)O)C1.N[C@@H](CCC(=O)O)C(=O)N1C[C@H](CCCB(O)O)[C@](N)(C(=O)O)C1.N[C@@H](Cc1c[nH]c2ccccc12)C(=O)N1C[C@H](CCCB(O)O)[C@](N)(C(=O)O)C1.N[C@@H](Cc1ccc(O)cc1)C(=O)N1C[C@H](CCCB(O)O)[C@](N)(C(=O)O)C1. The molecule has 1 aromatic heterocycles. The van der Waals surface area contributed by atoms with Crippen LogP contribution >= 0.6 is 0 Å². The number of para-hydroxylation sites is 1. The third-order valence-electron chi connectivity index (χ3n) is 24.2. The van der Waals surface area contributed by atoms with Gasteiger partial charge in [-0.1, -0.05) is 75.8 Å². The number of amides is 5. The third-order valence-corrected chi connectivity index (χ3v) is 24.2. The highest BCUT2D eigenvalue weighted by atomic mass is 16.4. The monoisotopic (exact) mass is 1790 g/mol. The summed E-state index contributed by atoms with van der Waals surface area (Å²) in [6, 6.07) is 10.7. The Labute approximate surface area is 731 Å². The van der Waals surface area contributed by atoms with E-state index in [1.54, 1.807) is 19.1 Å². The predicted octanol–water partition coefficient (Wildman–Crippen LogP) is -7.61. The van der Waals surface area contributed by atoms with Crippen molar-refractivity contribution in [3.63, 3.8) is 0 Å². The number of benzene rings is 2. The molecular formula is C76H131B5N16O29. The number of H-pyrrole nitrogens is 1. The van der Waals surface area contributed by atoms with Crippen LogP contribution in [0.25, 0.3) is 10.9 Å². The maximum absolute atomic E-state index is 12.9. The highest BCUT2D eigenvalue weighted by Crippen LogP contribution is 2.37. The van der Waals surface area contributed by atoms with Crippen LogP contribution in [0.1, 0.15) is 121 Å². The lowest BCUT2D eigenvalue weighted by Crippen LogP contribution is -2.55. The largest absolute Gasteiger partial charge is 0.508 e.